The Morgan fingerprint density at radius 3 is 2.49 bits per heavy atom. The molecule has 1 saturated heterocycles. The summed E-state index contributed by atoms with van der Waals surface area (Å²) in [4.78, 5) is 22.6. The van der Waals surface area contributed by atoms with Gasteiger partial charge >= 0.3 is 6.18 Å². The average molecular weight is 490 g/mol. The summed E-state index contributed by atoms with van der Waals surface area (Å²) >= 11 is 0. The summed E-state index contributed by atoms with van der Waals surface area (Å²) in [7, 11) is 3.01. The van der Waals surface area contributed by atoms with Crippen molar-refractivity contribution in [3.05, 3.63) is 35.9 Å². The van der Waals surface area contributed by atoms with Crippen LogP contribution in [0.1, 0.15) is 18.9 Å². The van der Waals surface area contributed by atoms with Crippen molar-refractivity contribution >= 4 is 40.0 Å². The summed E-state index contributed by atoms with van der Waals surface area (Å²) in [6, 6.07) is 6.55. The van der Waals surface area contributed by atoms with Crippen molar-refractivity contribution in [1.29, 1.82) is 0 Å². The number of alkyl halides is 3. The maximum Gasteiger partial charge on any atom is 0.416 e. The van der Waals surface area contributed by atoms with Gasteiger partial charge in [0.05, 0.1) is 25.3 Å². The molecule has 35 heavy (non-hydrogen) atoms. The third-order valence-corrected chi connectivity index (χ3v) is 5.61. The molecular formula is C23H25F3N6O3. The highest BCUT2D eigenvalue weighted by atomic mass is 19.4. The van der Waals surface area contributed by atoms with Crippen molar-refractivity contribution in [2.45, 2.75) is 25.6 Å². The predicted octanol–water partition coefficient (Wildman–Crippen LogP) is 3.71. The number of nitrogens with one attached hydrogen (secondary N) is 2. The second-order valence-electron chi connectivity index (χ2n) is 8.19. The highest BCUT2D eigenvalue weighted by Crippen LogP contribution is 2.38. The second kappa shape index (κ2) is 9.35. The Kier molecular flexibility index (Phi) is 6.46. The van der Waals surface area contributed by atoms with Gasteiger partial charge < -0.3 is 30.7 Å². The number of aromatic nitrogens is 2. The van der Waals surface area contributed by atoms with Crippen molar-refractivity contribution in [3.8, 4) is 11.5 Å². The minimum Gasteiger partial charge on any atom is -0.493 e. The summed E-state index contributed by atoms with van der Waals surface area (Å²) in [6.45, 7) is 2.58. The van der Waals surface area contributed by atoms with Crippen molar-refractivity contribution < 1.29 is 27.4 Å². The second-order valence-corrected chi connectivity index (χ2v) is 8.19. The number of anilines is 4. The van der Waals surface area contributed by atoms with Gasteiger partial charge in [-0.05, 0) is 30.7 Å². The number of hydrogen-bond acceptors (Lipinski definition) is 8. The minimum atomic E-state index is -4.56. The molecule has 0 saturated carbocycles. The summed E-state index contributed by atoms with van der Waals surface area (Å²) in [5.74, 6) is 1.43. The number of rotatable bonds is 6. The fraction of sp³-hybridized carbons (Fsp3) is 0.348. The van der Waals surface area contributed by atoms with Crippen LogP contribution < -0.4 is 30.7 Å². The molecule has 0 bridgehead atoms. The fourth-order valence-electron chi connectivity index (χ4n) is 4.11. The van der Waals surface area contributed by atoms with Crippen LogP contribution in [0, 0.1) is 0 Å². The van der Waals surface area contributed by atoms with E-state index in [0.29, 0.717) is 47.7 Å². The van der Waals surface area contributed by atoms with E-state index in [4.69, 9.17) is 15.2 Å². The third kappa shape index (κ3) is 5.26. The fourth-order valence-corrected chi connectivity index (χ4v) is 4.11. The van der Waals surface area contributed by atoms with Gasteiger partial charge in [0.25, 0.3) is 0 Å². The van der Waals surface area contributed by atoms with Gasteiger partial charge in [0, 0.05) is 48.9 Å². The molecular weight excluding hydrogens is 465 g/mol. The largest absolute Gasteiger partial charge is 0.493 e. The van der Waals surface area contributed by atoms with Gasteiger partial charge in [-0.2, -0.15) is 18.2 Å². The first-order chi connectivity index (χ1) is 16.6. The van der Waals surface area contributed by atoms with E-state index >= 15 is 0 Å². The van der Waals surface area contributed by atoms with Gasteiger partial charge in [-0.1, -0.05) is 0 Å². The van der Waals surface area contributed by atoms with Crippen LogP contribution in [-0.2, 0) is 11.0 Å². The molecule has 2 aromatic carbocycles. The molecule has 9 nitrogen and oxygen atoms in total. The molecule has 1 unspecified atom stereocenters. The van der Waals surface area contributed by atoms with Gasteiger partial charge in [-0.15, -0.1) is 0 Å². The standard InChI is InChI=1S/C23H25F3N6O3/c1-12(33)28-15-4-5-32(11-15)21-17-9-19(34-2)20(35-3)10-18(17)30-22(31-21)29-16-7-13(23(24,25)26)6-14(27)8-16/h6-10,15H,4-5,11,27H2,1-3H3,(H,28,33)(H,29,30,31). The van der Waals surface area contributed by atoms with Crippen LogP contribution in [0.3, 0.4) is 0 Å². The molecule has 0 aliphatic carbocycles. The monoisotopic (exact) mass is 490 g/mol. The van der Waals surface area contributed by atoms with Gasteiger partial charge in [0.1, 0.15) is 5.82 Å². The number of nitrogen functional groups attached to an aromatic ring is 1. The molecule has 1 atom stereocenters. The number of benzene rings is 2. The number of halogens is 3. The van der Waals surface area contributed by atoms with Crippen LogP contribution in [0.15, 0.2) is 30.3 Å². The summed E-state index contributed by atoms with van der Waals surface area (Å²) in [5.41, 5.74) is 5.36. The van der Waals surface area contributed by atoms with Gasteiger partial charge in [-0.25, -0.2) is 4.98 Å². The average Bonchev–Trinajstić information content (AvgIpc) is 3.24. The summed E-state index contributed by atoms with van der Waals surface area (Å²) in [6.07, 6.45) is -3.84. The first-order valence-corrected chi connectivity index (χ1v) is 10.8. The van der Waals surface area contributed by atoms with Crippen molar-refractivity contribution in [1.82, 2.24) is 15.3 Å². The Morgan fingerprint density at radius 2 is 1.83 bits per heavy atom. The molecule has 12 heteroatoms. The number of nitrogens with zero attached hydrogens (tertiary/aromatic N) is 3. The molecule has 186 valence electrons. The molecule has 0 spiro atoms. The lowest BCUT2D eigenvalue weighted by Gasteiger charge is -2.21. The van der Waals surface area contributed by atoms with E-state index in [2.05, 4.69) is 20.6 Å². The Bertz CT molecular complexity index is 1270. The maximum atomic E-state index is 13.3. The first-order valence-electron chi connectivity index (χ1n) is 10.8. The van der Waals surface area contributed by atoms with Gasteiger partial charge in [0.15, 0.2) is 11.5 Å². The highest BCUT2D eigenvalue weighted by Gasteiger charge is 2.31. The minimum absolute atomic E-state index is 0.0487. The number of fused-ring (bicyclic) bond motifs is 1. The normalized spacial score (nSPS) is 15.8. The predicted molar refractivity (Wildman–Crippen MR) is 126 cm³/mol. The van der Waals surface area contributed by atoms with Crippen LogP contribution >= 0.6 is 0 Å². The Hall–Kier alpha value is -3.96. The van der Waals surface area contributed by atoms with Gasteiger partial charge in [0.2, 0.25) is 11.9 Å². The van der Waals surface area contributed by atoms with Crippen LogP contribution in [-0.4, -0.2) is 49.2 Å². The summed E-state index contributed by atoms with van der Waals surface area (Å²) < 4.78 is 50.6. The van der Waals surface area contributed by atoms with Gasteiger partial charge in [-0.3, -0.25) is 4.79 Å². The van der Waals surface area contributed by atoms with E-state index in [1.165, 1.54) is 27.2 Å². The first kappa shape index (κ1) is 24.2. The number of carbonyl (C=O) groups is 1. The van der Waals surface area contributed by atoms with Crippen molar-refractivity contribution in [2.75, 3.05) is 43.3 Å². The molecule has 4 rings (SSSR count). The Morgan fingerprint density at radius 1 is 1.11 bits per heavy atom. The number of hydrogen-bond donors (Lipinski definition) is 3. The molecule has 1 aromatic heterocycles. The van der Waals surface area contributed by atoms with Crippen LogP contribution in [0.25, 0.3) is 10.9 Å². The smallest absolute Gasteiger partial charge is 0.416 e. The molecule has 1 fully saturated rings. The zero-order valence-corrected chi connectivity index (χ0v) is 19.4. The Labute approximate surface area is 199 Å². The molecule has 3 aromatic rings. The number of carbonyl (C=O) groups excluding carboxylic acids is 1. The van der Waals surface area contributed by atoms with E-state index in [0.717, 1.165) is 12.1 Å². The van der Waals surface area contributed by atoms with E-state index in [-0.39, 0.29) is 29.3 Å². The van der Waals surface area contributed by atoms with E-state index in [1.807, 2.05) is 4.90 Å². The lowest BCUT2D eigenvalue weighted by molar-refractivity contribution is -0.137. The maximum absolute atomic E-state index is 13.3. The van der Waals surface area contributed by atoms with E-state index in [9.17, 15) is 18.0 Å². The number of amides is 1. The van der Waals surface area contributed by atoms with Crippen LogP contribution in [0.5, 0.6) is 11.5 Å². The topological polar surface area (TPSA) is 115 Å². The molecule has 1 aliphatic rings. The lowest BCUT2D eigenvalue weighted by Crippen LogP contribution is -2.35. The zero-order valence-electron chi connectivity index (χ0n) is 19.4. The molecule has 1 amide bonds. The SMILES string of the molecule is COc1cc2nc(Nc3cc(N)cc(C(F)(F)F)c3)nc(N3CCC(NC(C)=O)C3)c2cc1OC. The summed E-state index contributed by atoms with van der Waals surface area (Å²) in [5, 5.41) is 6.43. The van der Waals surface area contributed by atoms with Crippen LogP contribution in [0.4, 0.5) is 36.3 Å². The van der Waals surface area contributed by atoms with E-state index < -0.39 is 11.7 Å². The van der Waals surface area contributed by atoms with Crippen molar-refractivity contribution in [2.24, 2.45) is 0 Å². The molecule has 0 radical (unpaired) electrons. The zero-order chi connectivity index (χ0) is 25.3. The number of nitrogens with two attached hydrogens (primary N) is 1. The molecule has 1 aliphatic heterocycles. The number of ether oxygens (including phenoxy) is 2. The van der Waals surface area contributed by atoms with Crippen LogP contribution in [0.2, 0.25) is 0 Å². The quantitative estimate of drug-likeness (QED) is 0.448. The number of methoxy groups -OCH3 is 2. The lowest BCUT2D eigenvalue weighted by atomic mass is 10.1. The highest BCUT2D eigenvalue weighted by molar-refractivity contribution is 5.93. The molecule has 4 N–H and O–H groups in total. The Balaban J connectivity index is 1.79. The van der Waals surface area contributed by atoms with E-state index in [1.54, 1.807) is 12.1 Å². The molecule has 2 heterocycles. The third-order valence-electron chi connectivity index (χ3n) is 5.61. The van der Waals surface area contributed by atoms with Crippen molar-refractivity contribution in [3.63, 3.8) is 0 Å².